The van der Waals surface area contributed by atoms with Gasteiger partial charge in [-0.2, -0.15) is 0 Å². The van der Waals surface area contributed by atoms with Crippen molar-refractivity contribution in [1.29, 1.82) is 0 Å². The number of hydrogen-bond donors (Lipinski definition) is 2. The number of hydrogen-bond acceptors (Lipinski definition) is 4. The molecular weight excluding hydrogens is 439 g/mol. The number of rotatable bonds is 6. The summed E-state index contributed by atoms with van der Waals surface area (Å²) >= 11 is 0. The van der Waals surface area contributed by atoms with Crippen LogP contribution in [0.15, 0.2) is 60.0 Å². The summed E-state index contributed by atoms with van der Waals surface area (Å²) in [6.07, 6.45) is 5.43. The van der Waals surface area contributed by atoms with Crippen LogP contribution in [0.3, 0.4) is 0 Å². The maximum absolute atomic E-state index is 13.3. The van der Waals surface area contributed by atoms with Gasteiger partial charge in [0.15, 0.2) is 5.03 Å². The van der Waals surface area contributed by atoms with Crippen molar-refractivity contribution >= 4 is 22.4 Å². The molecule has 3 N–H and O–H groups in total. The second kappa shape index (κ2) is 9.48. The fourth-order valence-electron chi connectivity index (χ4n) is 4.00. The minimum atomic E-state index is -3.68. The fraction of sp³-hybridized carbons (Fsp3) is 0.318. The van der Waals surface area contributed by atoms with Crippen molar-refractivity contribution in [2.24, 2.45) is 12.8 Å². The summed E-state index contributed by atoms with van der Waals surface area (Å²) in [5.74, 6) is -0.152. The van der Waals surface area contributed by atoms with Gasteiger partial charge < -0.3 is 10.3 Å². The second-order valence-corrected chi connectivity index (χ2v) is 9.59. The molecule has 0 amide bonds. The number of benzene rings is 2. The number of aryl methyl sites for hydroxylation is 2. The molecule has 6 nitrogen and oxygen atoms in total. The van der Waals surface area contributed by atoms with Gasteiger partial charge in [0.2, 0.25) is 0 Å². The van der Waals surface area contributed by atoms with Crippen molar-refractivity contribution in [1.82, 2.24) is 14.3 Å². The molecule has 2 unspecified atom stereocenters. The van der Waals surface area contributed by atoms with E-state index in [2.05, 4.69) is 15.8 Å². The highest BCUT2D eigenvalue weighted by Crippen LogP contribution is 2.34. The van der Waals surface area contributed by atoms with Gasteiger partial charge in [0.1, 0.15) is 5.82 Å². The van der Waals surface area contributed by atoms with Crippen LogP contribution in [0.1, 0.15) is 34.6 Å². The monoisotopic (exact) mass is 464 g/mol. The molecule has 0 saturated carbocycles. The summed E-state index contributed by atoms with van der Waals surface area (Å²) in [4.78, 5) is 3.91. The largest absolute Gasteiger partial charge is 0.339 e. The molecule has 0 bridgehead atoms. The number of nitrogens with zero attached hydrogens (tertiary/aromatic N) is 2. The summed E-state index contributed by atoms with van der Waals surface area (Å²) < 4.78 is 42.4. The minimum absolute atomic E-state index is 0. The number of halogens is 2. The van der Waals surface area contributed by atoms with Gasteiger partial charge in [-0.25, -0.2) is 22.5 Å². The summed E-state index contributed by atoms with van der Waals surface area (Å²) in [6.45, 7) is 0.171. The van der Waals surface area contributed by atoms with Crippen LogP contribution in [0.5, 0.6) is 0 Å². The summed E-state index contributed by atoms with van der Waals surface area (Å²) in [5.41, 5.74) is 10.7. The topological polar surface area (TPSA) is 90.0 Å². The Morgan fingerprint density at radius 3 is 2.58 bits per heavy atom. The average molecular weight is 465 g/mol. The van der Waals surface area contributed by atoms with E-state index in [9.17, 15) is 12.8 Å². The molecule has 4 rings (SSSR count). The van der Waals surface area contributed by atoms with Crippen LogP contribution in [0.4, 0.5) is 4.39 Å². The molecule has 0 radical (unpaired) electrons. The standard InChI is InChI=1S/C22H25FN4O2S.ClH/c1-27-13-22(25-14-27)30(28,29)26-12-16-2-5-17-6-9-21(24)20(19(17)11-16)10-15-3-7-18(23)8-4-15;/h2-5,7-8,11,13-14,20-21,26H,6,9-10,12,24H2,1H3;1H. The molecule has 1 aromatic heterocycles. The normalized spacial score (nSPS) is 18.3. The Bertz CT molecular complexity index is 1150. The second-order valence-electron chi connectivity index (χ2n) is 7.87. The van der Waals surface area contributed by atoms with Gasteiger partial charge in [-0.3, -0.25) is 0 Å². The van der Waals surface area contributed by atoms with E-state index in [1.54, 1.807) is 23.7 Å². The van der Waals surface area contributed by atoms with E-state index in [-0.39, 0.29) is 41.8 Å². The maximum atomic E-state index is 13.3. The highest BCUT2D eigenvalue weighted by molar-refractivity contribution is 7.89. The lowest BCUT2D eigenvalue weighted by Gasteiger charge is -2.32. The van der Waals surface area contributed by atoms with Gasteiger partial charge in [-0.15, -0.1) is 12.4 Å². The molecule has 31 heavy (non-hydrogen) atoms. The third-order valence-electron chi connectivity index (χ3n) is 5.67. The van der Waals surface area contributed by atoms with Crippen LogP contribution in [0, 0.1) is 5.82 Å². The molecule has 0 fully saturated rings. The smallest absolute Gasteiger partial charge is 0.259 e. The van der Waals surface area contributed by atoms with Crippen LogP contribution in [0.25, 0.3) is 0 Å². The molecular formula is C22H26ClFN4O2S. The van der Waals surface area contributed by atoms with Crippen molar-refractivity contribution < 1.29 is 12.8 Å². The number of fused-ring (bicyclic) bond motifs is 1. The van der Waals surface area contributed by atoms with E-state index in [0.717, 1.165) is 36.0 Å². The van der Waals surface area contributed by atoms with Gasteiger partial charge in [-0.1, -0.05) is 30.3 Å². The van der Waals surface area contributed by atoms with E-state index in [4.69, 9.17) is 5.73 Å². The number of nitrogens with two attached hydrogens (primary N) is 1. The Labute approximate surface area is 188 Å². The molecule has 9 heteroatoms. The van der Waals surface area contributed by atoms with Gasteiger partial charge in [0.05, 0.1) is 6.33 Å². The van der Waals surface area contributed by atoms with Crippen LogP contribution in [0.2, 0.25) is 0 Å². The van der Waals surface area contributed by atoms with E-state index in [1.807, 2.05) is 12.1 Å². The van der Waals surface area contributed by atoms with Gasteiger partial charge in [0, 0.05) is 31.7 Å². The predicted molar refractivity (Wildman–Crippen MR) is 120 cm³/mol. The first-order valence-electron chi connectivity index (χ1n) is 9.91. The van der Waals surface area contributed by atoms with E-state index < -0.39 is 10.0 Å². The zero-order valence-electron chi connectivity index (χ0n) is 17.2. The van der Waals surface area contributed by atoms with Crippen LogP contribution in [-0.4, -0.2) is 24.0 Å². The Balaban J connectivity index is 0.00000272. The molecule has 0 spiro atoms. The number of imidazole rings is 1. The fourth-order valence-corrected chi connectivity index (χ4v) is 4.99. The van der Waals surface area contributed by atoms with Crippen molar-refractivity contribution in [2.45, 2.75) is 42.8 Å². The molecule has 1 heterocycles. The molecule has 3 aromatic rings. The molecule has 0 saturated heterocycles. The Hall–Kier alpha value is -2.26. The first kappa shape index (κ1) is 23.4. The molecule has 2 atom stereocenters. The number of nitrogens with one attached hydrogen (secondary N) is 1. The Morgan fingerprint density at radius 1 is 1.19 bits per heavy atom. The highest BCUT2D eigenvalue weighted by Gasteiger charge is 2.27. The van der Waals surface area contributed by atoms with Crippen molar-refractivity contribution in [3.05, 3.63) is 83.1 Å². The van der Waals surface area contributed by atoms with Gasteiger partial charge in [0.25, 0.3) is 10.0 Å². The molecule has 0 aliphatic heterocycles. The van der Waals surface area contributed by atoms with E-state index in [0.29, 0.717) is 0 Å². The van der Waals surface area contributed by atoms with Crippen LogP contribution >= 0.6 is 12.4 Å². The maximum Gasteiger partial charge on any atom is 0.259 e. The zero-order chi connectivity index (χ0) is 21.3. The molecule has 1 aliphatic carbocycles. The molecule has 1 aliphatic rings. The SMILES string of the molecule is Cl.Cn1cnc(S(=O)(=O)NCc2ccc3c(c2)C(Cc2ccc(F)cc2)C(N)CC3)c1. The Morgan fingerprint density at radius 2 is 1.90 bits per heavy atom. The van der Waals surface area contributed by atoms with E-state index >= 15 is 0 Å². The lowest BCUT2D eigenvalue weighted by Crippen LogP contribution is -2.34. The van der Waals surface area contributed by atoms with Crippen LogP contribution in [-0.2, 0) is 36.5 Å². The lowest BCUT2D eigenvalue weighted by molar-refractivity contribution is 0.467. The minimum Gasteiger partial charge on any atom is -0.339 e. The van der Waals surface area contributed by atoms with Crippen molar-refractivity contribution in [3.8, 4) is 0 Å². The summed E-state index contributed by atoms with van der Waals surface area (Å²) in [5, 5.41) is -0.000770. The van der Waals surface area contributed by atoms with Gasteiger partial charge in [-0.05, 0) is 53.6 Å². The van der Waals surface area contributed by atoms with Crippen molar-refractivity contribution in [3.63, 3.8) is 0 Å². The quantitative estimate of drug-likeness (QED) is 0.586. The molecule has 2 aromatic carbocycles. The lowest BCUT2D eigenvalue weighted by atomic mass is 9.76. The summed E-state index contributed by atoms with van der Waals surface area (Å²) in [6, 6.07) is 12.6. The first-order valence-corrected chi connectivity index (χ1v) is 11.4. The predicted octanol–water partition coefficient (Wildman–Crippen LogP) is 3.06. The number of sulfonamides is 1. The Kier molecular flexibility index (Phi) is 7.16. The number of aromatic nitrogens is 2. The first-order chi connectivity index (χ1) is 14.3. The average Bonchev–Trinajstić information content (AvgIpc) is 3.17. The van der Waals surface area contributed by atoms with E-state index in [1.165, 1.54) is 30.2 Å². The highest BCUT2D eigenvalue weighted by atomic mass is 35.5. The van der Waals surface area contributed by atoms with Gasteiger partial charge >= 0.3 is 0 Å². The molecule has 166 valence electrons. The third kappa shape index (κ3) is 5.33. The summed E-state index contributed by atoms with van der Waals surface area (Å²) in [7, 11) is -1.96. The zero-order valence-corrected chi connectivity index (χ0v) is 18.8. The third-order valence-corrected chi connectivity index (χ3v) is 6.95. The van der Waals surface area contributed by atoms with Crippen LogP contribution < -0.4 is 10.5 Å². The van der Waals surface area contributed by atoms with Crippen molar-refractivity contribution in [2.75, 3.05) is 0 Å².